The van der Waals surface area contributed by atoms with Crippen molar-refractivity contribution in [2.24, 2.45) is 0 Å². The molecule has 0 bridgehead atoms. The van der Waals surface area contributed by atoms with E-state index >= 15 is 0 Å². The molecule has 62 valence electrons. The third-order valence-electron chi connectivity index (χ3n) is 1.34. The van der Waals surface area contributed by atoms with E-state index in [9.17, 15) is 0 Å². The van der Waals surface area contributed by atoms with E-state index in [1.165, 1.54) is 19.6 Å². The van der Waals surface area contributed by atoms with E-state index in [-0.39, 0.29) is 0 Å². The van der Waals surface area contributed by atoms with Gasteiger partial charge in [-0.3, -0.25) is 0 Å². The van der Waals surface area contributed by atoms with E-state index in [2.05, 4.69) is 38.4 Å². The second kappa shape index (κ2) is 11.9. The van der Waals surface area contributed by atoms with E-state index in [4.69, 9.17) is 0 Å². The van der Waals surface area contributed by atoms with Crippen LogP contribution in [0.3, 0.4) is 0 Å². The molecule has 9 heavy (non-hydrogen) atoms. The summed E-state index contributed by atoms with van der Waals surface area (Å²) in [5.74, 6) is 0. The summed E-state index contributed by atoms with van der Waals surface area (Å²) < 4.78 is 0. The summed E-state index contributed by atoms with van der Waals surface area (Å²) in [6, 6.07) is 0. The SMILES string of the molecule is CCN(CC)CC.[Cu][I]. The summed E-state index contributed by atoms with van der Waals surface area (Å²) in [5.41, 5.74) is 0. The molecule has 0 N–H and O–H groups in total. The molecule has 0 aliphatic carbocycles. The van der Waals surface area contributed by atoms with Gasteiger partial charge in [-0.15, -0.1) is 0 Å². The molecule has 0 fully saturated rings. The normalized spacial score (nSPS) is 8.78. The molecule has 0 aromatic heterocycles. The molecule has 0 aromatic rings. The summed E-state index contributed by atoms with van der Waals surface area (Å²) in [4.78, 5) is 2.38. The predicted octanol–water partition coefficient (Wildman–Crippen LogP) is 2.23. The molecule has 1 nitrogen and oxygen atoms in total. The van der Waals surface area contributed by atoms with Gasteiger partial charge < -0.3 is 4.90 Å². The van der Waals surface area contributed by atoms with Crippen LogP contribution >= 0.6 is 20.3 Å². The molecule has 0 rings (SSSR count). The molecule has 0 saturated heterocycles. The molecule has 0 unspecified atom stereocenters. The quantitative estimate of drug-likeness (QED) is 0.569. The van der Waals surface area contributed by atoms with Crippen molar-refractivity contribution in [3.05, 3.63) is 0 Å². The Hall–Kier alpha value is 1.21. The number of hydrogen-bond donors (Lipinski definition) is 0. The molecule has 0 aromatic carbocycles. The van der Waals surface area contributed by atoms with Crippen LogP contribution in [0.2, 0.25) is 0 Å². The average molecular weight is 292 g/mol. The van der Waals surface area contributed by atoms with Gasteiger partial charge in [0.25, 0.3) is 0 Å². The van der Waals surface area contributed by atoms with Gasteiger partial charge in [0, 0.05) is 0 Å². The third kappa shape index (κ3) is 9.21. The van der Waals surface area contributed by atoms with Gasteiger partial charge in [-0.1, -0.05) is 20.8 Å². The van der Waals surface area contributed by atoms with E-state index in [0.29, 0.717) is 0 Å². The first-order valence-corrected chi connectivity index (χ1v) is 6.22. The van der Waals surface area contributed by atoms with Crippen LogP contribution in [0.15, 0.2) is 0 Å². The summed E-state index contributed by atoms with van der Waals surface area (Å²) in [5, 5.41) is 0. The molecule has 0 atom stereocenters. The molecular formula is C6H15CuIN. The molecule has 0 spiro atoms. The summed E-state index contributed by atoms with van der Waals surface area (Å²) >= 11 is 5.87. The fraction of sp³-hybridized carbons (Fsp3) is 1.00. The Bertz CT molecular complexity index is 34.5. The Balaban J connectivity index is 0. The number of rotatable bonds is 3. The van der Waals surface area contributed by atoms with Crippen LogP contribution in [0, 0.1) is 0 Å². The zero-order valence-corrected chi connectivity index (χ0v) is 9.35. The summed E-state index contributed by atoms with van der Waals surface area (Å²) in [6.45, 7) is 10.1. The van der Waals surface area contributed by atoms with Gasteiger partial charge in [0.1, 0.15) is 0 Å². The molecule has 0 saturated carbocycles. The molecule has 0 heterocycles. The monoisotopic (exact) mass is 291 g/mol. The minimum absolute atomic E-state index is 1.19. The van der Waals surface area contributed by atoms with Crippen LogP contribution in [0.1, 0.15) is 20.8 Å². The topological polar surface area (TPSA) is 3.24 Å². The number of halogens is 1. The van der Waals surface area contributed by atoms with Crippen molar-refractivity contribution < 1.29 is 12.8 Å². The van der Waals surface area contributed by atoms with E-state index in [0.717, 1.165) is 0 Å². The first-order valence-electron chi connectivity index (χ1n) is 3.18. The molecule has 0 aliphatic heterocycles. The van der Waals surface area contributed by atoms with Gasteiger partial charge in [0.05, 0.1) is 0 Å². The first-order chi connectivity index (χ1) is 4.35. The summed E-state index contributed by atoms with van der Waals surface area (Å²) in [7, 11) is 0. The van der Waals surface area contributed by atoms with Gasteiger partial charge in [0.15, 0.2) is 0 Å². The van der Waals surface area contributed by atoms with Crippen molar-refractivity contribution in [3.8, 4) is 0 Å². The minimum atomic E-state index is 1.19. The molecule has 0 aliphatic rings. The predicted molar refractivity (Wildman–Crippen MR) is 47.5 cm³/mol. The van der Waals surface area contributed by atoms with Crippen LogP contribution in [-0.4, -0.2) is 24.5 Å². The van der Waals surface area contributed by atoms with E-state index < -0.39 is 0 Å². The van der Waals surface area contributed by atoms with Crippen LogP contribution in [-0.2, 0) is 12.8 Å². The summed E-state index contributed by atoms with van der Waals surface area (Å²) in [6.07, 6.45) is 0. The second-order valence-electron chi connectivity index (χ2n) is 1.62. The van der Waals surface area contributed by atoms with Gasteiger partial charge >= 0.3 is 33.1 Å². The van der Waals surface area contributed by atoms with Crippen molar-refractivity contribution in [2.45, 2.75) is 20.8 Å². The van der Waals surface area contributed by atoms with Crippen molar-refractivity contribution in [1.82, 2.24) is 4.90 Å². The average Bonchev–Trinajstić information content (AvgIpc) is 1.96. The zero-order chi connectivity index (χ0) is 7.70. The zero-order valence-electron chi connectivity index (χ0n) is 6.25. The van der Waals surface area contributed by atoms with Crippen LogP contribution in [0.5, 0.6) is 0 Å². The second-order valence-corrected chi connectivity index (χ2v) is 1.62. The van der Waals surface area contributed by atoms with E-state index in [1.54, 1.807) is 20.3 Å². The van der Waals surface area contributed by atoms with Crippen molar-refractivity contribution in [1.29, 1.82) is 0 Å². The van der Waals surface area contributed by atoms with Crippen molar-refractivity contribution >= 4 is 20.3 Å². The Morgan fingerprint density at radius 3 is 1.22 bits per heavy atom. The van der Waals surface area contributed by atoms with Crippen LogP contribution < -0.4 is 0 Å². The fourth-order valence-electron chi connectivity index (χ4n) is 0.671. The maximum atomic E-state index is 4.16. The van der Waals surface area contributed by atoms with Crippen molar-refractivity contribution in [3.63, 3.8) is 0 Å². The molecule has 0 amide bonds. The number of nitrogens with zero attached hydrogens (tertiary/aromatic N) is 1. The van der Waals surface area contributed by atoms with Gasteiger partial charge in [0.2, 0.25) is 0 Å². The first kappa shape index (κ1) is 12.8. The fourth-order valence-corrected chi connectivity index (χ4v) is 0.671. The number of hydrogen-bond acceptors (Lipinski definition) is 1. The molecular weight excluding hydrogens is 277 g/mol. The Labute approximate surface area is 78.1 Å². The van der Waals surface area contributed by atoms with Gasteiger partial charge in [-0.25, -0.2) is 0 Å². The standard InChI is InChI=1S/C6H15N.Cu.HI/c1-4-7(5-2)6-3;;/h4-6H2,1-3H3;;1H/q;+1;/p-1. The Kier molecular flexibility index (Phi) is 17.0. The van der Waals surface area contributed by atoms with Gasteiger partial charge in [-0.2, -0.15) is 0 Å². The van der Waals surface area contributed by atoms with Crippen LogP contribution in [0.25, 0.3) is 0 Å². The maximum absolute atomic E-state index is 4.16. The van der Waals surface area contributed by atoms with Gasteiger partial charge in [-0.05, 0) is 19.6 Å². The van der Waals surface area contributed by atoms with E-state index in [1.807, 2.05) is 0 Å². The Morgan fingerprint density at radius 2 is 1.22 bits per heavy atom. The molecule has 3 heteroatoms. The third-order valence-corrected chi connectivity index (χ3v) is 1.34. The molecule has 0 radical (unpaired) electrons. The van der Waals surface area contributed by atoms with Crippen LogP contribution in [0.4, 0.5) is 0 Å². The van der Waals surface area contributed by atoms with Crippen molar-refractivity contribution in [2.75, 3.05) is 19.6 Å². The Morgan fingerprint density at radius 1 is 1.00 bits per heavy atom.